The molecule has 1 aliphatic rings. The van der Waals surface area contributed by atoms with E-state index in [4.69, 9.17) is 4.74 Å². The van der Waals surface area contributed by atoms with E-state index in [1.165, 1.54) is 5.57 Å². The van der Waals surface area contributed by atoms with Crippen molar-refractivity contribution in [3.05, 3.63) is 95.1 Å². The Morgan fingerprint density at radius 2 is 1.79 bits per heavy atom. The molecule has 0 fully saturated rings. The standard InChI is InChI=1S/C25H26O3/c1-18-10-7-8-15-25(18,3)17-28-24(27)19(2)21-13-9-14-22(16-21)23(26)20-11-5-4-6-12-20/h4-6,8-16,19H,7,17H2,1-3H3/t19-,25-/m0/s1. The number of hydrogen-bond acceptors (Lipinski definition) is 3. The Hall–Kier alpha value is -2.94. The molecule has 0 unspecified atom stereocenters. The summed E-state index contributed by atoms with van der Waals surface area (Å²) in [5.74, 6) is -0.773. The molecule has 2 atom stereocenters. The van der Waals surface area contributed by atoms with E-state index in [9.17, 15) is 9.59 Å². The average molecular weight is 374 g/mol. The fourth-order valence-corrected chi connectivity index (χ4v) is 3.29. The summed E-state index contributed by atoms with van der Waals surface area (Å²) in [6.45, 7) is 6.28. The highest BCUT2D eigenvalue weighted by atomic mass is 16.5. The molecule has 144 valence electrons. The minimum absolute atomic E-state index is 0.0522. The van der Waals surface area contributed by atoms with Crippen molar-refractivity contribution in [3.63, 3.8) is 0 Å². The van der Waals surface area contributed by atoms with Gasteiger partial charge in [-0.1, -0.05) is 72.3 Å². The highest BCUT2D eigenvalue weighted by molar-refractivity contribution is 6.09. The zero-order chi connectivity index (χ0) is 20.1. The number of carbonyl (C=O) groups excluding carboxylic acids is 2. The Balaban J connectivity index is 1.70. The SMILES string of the molecule is CC1=CCC=C[C@@]1(C)COC(=O)[C@@H](C)c1cccc(C(=O)c2ccccc2)c1. The van der Waals surface area contributed by atoms with Crippen molar-refractivity contribution in [2.75, 3.05) is 6.61 Å². The van der Waals surface area contributed by atoms with Gasteiger partial charge in [0.2, 0.25) is 0 Å². The van der Waals surface area contributed by atoms with Crippen LogP contribution in [0.15, 0.2) is 78.4 Å². The van der Waals surface area contributed by atoms with Gasteiger partial charge in [0.25, 0.3) is 0 Å². The highest BCUT2D eigenvalue weighted by Crippen LogP contribution is 2.33. The molecule has 0 saturated heterocycles. The second-order valence-electron chi connectivity index (χ2n) is 7.59. The molecule has 28 heavy (non-hydrogen) atoms. The molecule has 0 spiro atoms. The van der Waals surface area contributed by atoms with Gasteiger partial charge in [-0.3, -0.25) is 9.59 Å². The van der Waals surface area contributed by atoms with Gasteiger partial charge in [0, 0.05) is 16.5 Å². The molecule has 3 heteroatoms. The topological polar surface area (TPSA) is 43.4 Å². The average Bonchev–Trinajstić information content (AvgIpc) is 2.74. The van der Waals surface area contributed by atoms with Crippen LogP contribution in [0.25, 0.3) is 0 Å². The van der Waals surface area contributed by atoms with Gasteiger partial charge in [-0.25, -0.2) is 0 Å². The Kier molecular flexibility index (Phi) is 5.93. The van der Waals surface area contributed by atoms with E-state index in [0.29, 0.717) is 17.7 Å². The minimum Gasteiger partial charge on any atom is -0.464 e. The molecule has 1 aliphatic carbocycles. The second-order valence-corrected chi connectivity index (χ2v) is 7.59. The number of hydrogen-bond donors (Lipinski definition) is 0. The van der Waals surface area contributed by atoms with E-state index >= 15 is 0 Å². The van der Waals surface area contributed by atoms with Gasteiger partial charge >= 0.3 is 5.97 Å². The summed E-state index contributed by atoms with van der Waals surface area (Å²) in [5.41, 5.74) is 2.95. The van der Waals surface area contributed by atoms with Gasteiger partial charge in [-0.15, -0.1) is 0 Å². The summed E-state index contributed by atoms with van der Waals surface area (Å²) in [5, 5.41) is 0. The van der Waals surface area contributed by atoms with Crippen LogP contribution in [0.4, 0.5) is 0 Å². The van der Waals surface area contributed by atoms with Crippen LogP contribution in [-0.2, 0) is 9.53 Å². The summed E-state index contributed by atoms with van der Waals surface area (Å²) in [6, 6.07) is 16.4. The van der Waals surface area contributed by atoms with E-state index in [-0.39, 0.29) is 17.2 Å². The van der Waals surface area contributed by atoms with Gasteiger partial charge in [-0.05, 0) is 38.8 Å². The van der Waals surface area contributed by atoms with Crippen LogP contribution in [0.2, 0.25) is 0 Å². The molecule has 0 heterocycles. The lowest BCUT2D eigenvalue weighted by molar-refractivity contribution is -0.147. The normalized spacial score (nSPS) is 19.6. The maximum absolute atomic E-state index is 12.7. The first kappa shape index (κ1) is 19.8. The van der Waals surface area contributed by atoms with Crippen LogP contribution in [0, 0.1) is 5.41 Å². The van der Waals surface area contributed by atoms with E-state index < -0.39 is 5.92 Å². The fraction of sp³-hybridized carbons (Fsp3) is 0.280. The summed E-state index contributed by atoms with van der Waals surface area (Å²) in [4.78, 5) is 25.3. The van der Waals surface area contributed by atoms with Crippen molar-refractivity contribution in [1.82, 2.24) is 0 Å². The van der Waals surface area contributed by atoms with Crippen LogP contribution in [0.5, 0.6) is 0 Å². The third-order valence-electron chi connectivity index (χ3n) is 5.50. The van der Waals surface area contributed by atoms with Crippen molar-refractivity contribution < 1.29 is 14.3 Å². The van der Waals surface area contributed by atoms with Gasteiger partial charge in [-0.2, -0.15) is 0 Å². The summed E-state index contributed by atoms with van der Waals surface area (Å²) < 4.78 is 5.64. The zero-order valence-electron chi connectivity index (χ0n) is 16.6. The highest BCUT2D eigenvalue weighted by Gasteiger charge is 2.28. The number of benzene rings is 2. The number of allylic oxidation sites excluding steroid dienone is 2. The molecule has 3 nitrogen and oxygen atoms in total. The molecule has 0 bridgehead atoms. The van der Waals surface area contributed by atoms with Crippen LogP contribution in [0.1, 0.15) is 54.6 Å². The largest absolute Gasteiger partial charge is 0.464 e. The molecule has 2 aromatic carbocycles. The Bertz CT molecular complexity index is 924. The third-order valence-corrected chi connectivity index (χ3v) is 5.50. The Morgan fingerprint density at radius 3 is 2.50 bits per heavy atom. The Labute approximate surface area is 166 Å². The summed E-state index contributed by atoms with van der Waals surface area (Å²) >= 11 is 0. The van der Waals surface area contributed by atoms with Crippen molar-refractivity contribution in [2.45, 2.75) is 33.1 Å². The monoisotopic (exact) mass is 374 g/mol. The lowest BCUT2D eigenvalue weighted by Crippen LogP contribution is -2.27. The predicted octanol–water partition coefficient (Wildman–Crippen LogP) is 5.48. The second kappa shape index (κ2) is 8.39. The number of carbonyl (C=O) groups is 2. The molecule has 0 radical (unpaired) electrons. The van der Waals surface area contributed by atoms with Crippen LogP contribution in [0.3, 0.4) is 0 Å². The van der Waals surface area contributed by atoms with E-state index in [2.05, 4.69) is 32.1 Å². The molecule has 3 rings (SSSR count). The molecule has 0 N–H and O–H groups in total. The lowest BCUT2D eigenvalue weighted by atomic mass is 9.80. The minimum atomic E-state index is -0.441. The van der Waals surface area contributed by atoms with Gasteiger partial charge in [0.1, 0.15) is 6.61 Å². The van der Waals surface area contributed by atoms with Crippen LogP contribution in [-0.4, -0.2) is 18.4 Å². The zero-order valence-corrected chi connectivity index (χ0v) is 16.6. The summed E-state index contributed by atoms with van der Waals surface area (Å²) in [7, 11) is 0. The number of ketones is 1. The third kappa shape index (κ3) is 4.30. The maximum atomic E-state index is 12.7. The van der Waals surface area contributed by atoms with Gasteiger partial charge in [0.05, 0.1) is 5.92 Å². The van der Waals surface area contributed by atoms with Crippen LogP contribution >= 0.6 is 0 Å². The first-order chi connectivity index (χ1) is 13.4. The lowest BCUT2D eigenvalue weighted by Gasteiger charge is -2.29. The van der Waals surface area contributed by atoms with E-state index in [1.54, 1.807) is 24.3 Å². The smallest absolute Gasteiger partial charge is 0.313 e. The van der Waals surface area contributed by atoms with Crippen molar-refractivity contribution >= 4 is 11.8 Å². The quantitative estimate of drug-likeness (QED) is 0.382. The molecule has 0 aliphatic heterocycles. The predicted molar refractivity (Wildman–Crippen MR) is 111 cm³/mol. The first-order valence-electron chi connectivity index (χ1n) is 9.62. The number of rotatable bonds is 6. The molecular formula is C25H26O3. The molecule has 0 saturated carbocycles. The number of esters is 1. The molecule has 2 aromatic rings. The van der Waals surface area contributed by atoms with Crippen molar-refractivity contribution in [2.24, 2.45) is 5.41 Å². The van der Waals surface area contributed by atoms with Crippen molar-refractivity contribution in [1.29, 1.82) is 0 Å². The van der Waals surface area contributed by atoms with Gasteiger partial charge < -0.3 is 4.74 Å². The van der Waals surface area contributed by atoms with E-state index in [0.717, 1.165) is 12.0 Å². The maximum Gasteiger partial charge on any atom is 0.313 e. The molecule has 0 aromatic heterocycles. The summed E-state index contributed by atoms with van der Waals surface area (Å²) in [6.07, 6.45) is 7.30. The fourth-order valence-electron chi connectivity index (χ4n) is 3.29. The number of ether oxygens (including phenoxy) is 1. The molecular weight excluding hydrogens is 348 g/mol. The Morgan fingerprint density at radius 1 is 1.07 bits per heavy atom. The van der Waals surface area contributed by atoms with Crippen molar-refractivity contribution in [3.8, 4) is 0 Å². The molecule has 0 amide bonds. The van der Waals surface area contributed by atoms with Crippen LogP contribution < -0.4 is 0 Å². The van der Waals surface area contributed by atoms with Gasteiger partial charge in [0.15, 0.2) is 5.78 Å². The first-order valence-corrected chi connectivity index (χ1v) is 9.62. The van der Waals surface area contributed by atoms with E-state index in [1.807, 2.05) is 37.3 Å².